The lowest BCUT2D eigenvalue weighted by atomic mass is 9.79. The van der Waals surface area contributed by atoms with Crippen LogP contribution >= 0.6 is 23.7 Å². The van der Waals surface area contributed by atoms with Crippen molar-refractivity contribution in [1.29, 1.82) is 0 Å². The van der Waals surface area contributed by atoms with Gasteiger partial charge < -0.3 is 18.9 Å². The molecule has 0 radical (unpaired) electrons. The number of rotatable bonds is 3. The van der Waals surface area contributed by atoms with Gasteiger partial charge in [0.05, 0.1) is 23.1 Å². The van der Waals surface area contributed by atoms with E-state index < -0.39 is 48.0 Å². The summed E-state index contributed by atoms with van der Waals surface area (Å²) in [4.78, 5) is 40.4. The molecule has 2 fully saturated rings. The third kappa shape index (κ3) is 3.65. The van der Waals surface area contributed by atoms with Crippen molar-refractivity contribution in [2.45, 2.75) is 56.3 Å². The molecule has 10 heteroatoms. The number of esters is 3. The van der Waals surface area contributed by atoms with Crippen molar-refractivity contribution in [3.63, 3.8) is 0 Å². The Bertz CT molecular complexity index is 963. The summed E-state index contributed by atoms with van der Waals surface area (Å²) in [6.07, 6.45) is 0.0609. The molecule has 32 heavy (non-hydrogen) atoms. The molecule has 8 unspecified atom stereocenters. The number of carbonyl (C=O) groups excluding carboxylic acids is 3. The van der Waals surface area contributed by atoms with E-state index in [2.05, 4.69) is 0 Å². The van der Waals surface area contributed by atoms with E-state index >= 15 is 0 Å². The topological polar surface area (TPSA) is 94.7 Å². The number of epoxide rings is 1. The number of likely N-dealkylation sites (N-methyl/N-ethyl adjacent to an activating group) is 1. The highest BCUT2D eigenvalue weighted by Crippen LogP contribution is 2.51. The molecular weight excluding hydrogens is 458 g/mol. The van der Waals surface area contributed by atoms with E-state index in [9.17, 15) is 14.4 Å². The van der Waals surface area contributed by atoms with Gasteiger partial charge in [0, 0.05) is 12.3 Å². The zero-order chi connectivity index (χ0) is 22.1. The maximum absolute atomic E-state index is 12.9. The number of fused-ring (bicyclic) bond motifs is 4. The van der Waals surface area contributed by atoms with Gasteiger partial charge in [0.15, 0.2) is 6.10 Å². The van der Waals surface area contributed by atoms with Gasteiger partial charge in [-0.05, 0) is 38.5 Å². The molecule has 0 amide bonds. The van der Waals surface area contributed by atoms with Crippen molar-refractivity contribution in [2.75, 3.05) is 14.1 Å². The first-order valence-corrected chi connectivity index (χ1v) is 11.3. The van der Waals surface area contributed by atoms with E-state index in [1.807, 2.05) is 31.3 Å². The summed E-state index contributed by atoms with van der Waals surface area (Å²) in [5.41, 5.74) is -0.216. The summed E-state index contributed by atoms with van der Waals surface area (Å²) in [7, 11) is 3.66. The predicted molar refractivity (Wildman–Crippen MR) is 117 cm³/mol. The smallest absolute Gasteiger partial charge is 0.348 e. The molecule has 2 saturated heterocycles. The number of thiophene rings is 1. The molecule has 8 nitrogen and oxygen atoms in total. The second-order valence-corrected chi connectivity index (χ2v) is 10.1. The van der Waals surface area contributed by atoms with E-state index in [1.54, 1.807) is 25.1 Å². The van der Waals surface area contributed by atoms with Gasteiger partial charge in [0.25, 0.3) is 0 Å². The molecular formula is C22H26ClNO7S. The van der Waals surface area contributed by atoms with Crippen molar-refractivity contribution in [1.82, 2.24) is 4.90 Å². The second-order valence-electron chi connectivity index (χ2n) is 9.14. The molecule has 0 aromatic carbocycles. The molecule has 2 bridgehead atoms. The molecule has 0 saturated carbocycles. The van der Waals surface area contributed by atoms with Crippen molar-refractivity contribution in [3.8, 4) is 0 Å². The van der Waals surface area contributed by atoms with E-state index in [4.69, 9.17) is 18.9 Å². The van der Waals surface area contributed by atoms with Gasteiger partial charge in [-0.2, -0.15) is 0 Å². The van der Waals surface area contributed by atoms with E-state index in [0.29, 0.717) is 16.9 Å². The van der Waals surface area contributed by atoms with Crippen molar-refractivity contribution >= 4 is 41.7 Å². The number of halogens is 1. The molecule has 3 aliphatic heterocycles. The largest absolute Gasteiger partial charge is 0.462 e. The van der Waals surface area contributed by atoms with Gasteiger partial charge >= 0.3 is 17.9 Å². The molecule has 1 aromatic heterocycles. The molecule has 8 atom stereocenters. The summed E-state index contributed by atoms with van der Waals surface area (Å²) in [6, 6.07) is 2.94. The molecule has 5 rings (SSSR count). The van der Waals surface area contributed by atoms with Crippen LogP contribution in [0, 0.1) is 11.8 Å². The summed E-state index contributed by atoms with van der Waals surface area (Å²) in [6.45, 7) is 3.74. The third-order valence-electron chi connectivity index (χ3n) is 6.85. The van der Waals surface area contributed by atoms with Crippen LogP contribution in [-0.4, -0.2) is 73.0 Å². The number of carbonyl (C=O) groups is 3. The molecule has 4 aliphatic rings. The minimum Gasteiger partial charge on any atom is -0.462 e. The van der Waals surface area contributed by atoms with E-state index in [-0.39, 0.29) is 30.2 Å². The average Bonchev–Trinajstić information content (AvgIpc) is 3.08. The molecule has 0 spiro atoms. The van der Waals surface area contributed by atoms with Crippen LogP contribution in [0.4, 0.5) is 0 Å². The quantitative estimate of drug-likeness (QED) is 0.367. The van der Waals surface area contributed by atoms with Crippen LogP contribution in [0.15, 0.2) is 29.2 Å². The first kappa shape index (κ1) is 23.2. The third-order valence-corrected chi connectivity index (χ3v) is 7.70. The van der Waals surface area contributed by atoms with Crippen molar-refractivity contribution in [2.24, 2.45) is 11.8 Å². The van der Waals surface area contributed by atoms with Gasteiger partial charge in [-0.25, -0.2) is 9.59 Å². The lowest BCUT2D eigenvalue weighted by molar-refractivity contribution is -0.144. The molecule has 0 N–H and O–H groups in total. The normalized spacial score (nSPS) is 39.8. The van der Waals surface area contributed by atoms with Gasteiger partial charge in [-0.1, -0.05) is 13.0 Å². The Balaban J connectivity index is 0.00000245. The first-order valence-electron chi connectivity index (χ1n) is 10.4. The Morgan fingerprint density at radius 2 is 2.03 bits per heavy atom. The lowest BCUT2D eigenvalue weighted by Gasteiger charge is -2.32. The van der Waals surface area contributed by atoms with Gasteiger partial charge in [-0.15, -0.1) is 23.7 Å². The number of nitrogens with zero attached hydrogens (tertiary/aromatic N) is 1. The fourth-order valence-electron chi connectivity index (χ4n) is 5.22. The van der Waals surface area contributed by atoms with Gasteiger partial charge in [0.1, 0.15) is 23.2 Å². The summed E-state index contributed by atoms with van der Waals surface area (Å²) in [5.74, 6) is -1.87. The standard InChI is InChI=1S/C22H25NO7S.ClH/c1-10-15-12-8-11(20(25)27-12)16(23(3)4)17(29-21(26)14-6-5-7-31-14)18-22(2,30-18)9-13(15)28-19(10)24;/h5-8,10,12-13,15-18H,9H2,1-4H3;1H. The van der Waals surface area contributed by atoms with Crippen LogP contribution in [-0.2, 0) is 28.5 Å². The number of hydrogen-bond acceptors (Lipinski definition) is 9. The molecule has 174 valence electrons. The predicted octanol–water partition coefficient (Wildman–Crippen LogP) is 2.22. The molecule has 1 aliphatic carbocycles. The van der Waals surface area contributed by atoms with Crippen LogP contribution in [0.2, 0.25) is 0 Å². The second kappa shape index (κ2) is 8.13. The SMILES string of the molecule is CC1C(=O)OC2CC3(C)OC3C(OC(=O)c3cccs3)C(N(C)C)C3=CC(OC3=O)C21.Cl. The molecule has 4 heterocycles. The lowest BCUT2D eigenvalue weighted by Crippen LogP contribution is -2.49. The highest BCUT2D eigenvalue weighted by molar-refractivity contribution is 7.11. The van der Waals surface area contributed by atoms with Crippen LogP contribution in [0.5, 0.6) is 0 Å². The molecule has 1 aromatic rings. The van der Waals surface area contributed by atoms with E-state index in [1.165, 1.54) is 11.3 Å². The maximum atomic E-state index is 12.9. The van der Waals surface area contributed by atoms with Crippen LogP contribution < -0.4 is 0 Å². The first-order chi connectivity index (χ1) is 14.7. The Labute approximate surface area is 196 Å². The van der Waals surface area contributed by atoms with Crippen molar-refractivity contribution in [3.05, 3.63) is 34.0 Å². The summed E-state index contributed by atoms with van der Waals surface area (Å²) in [5, 5.41) is 1.81. The number of ether oxygens (including phenoxy) is 4. The Kier molecular flexibility index (Phi) is 5.90. The highest BCUT2D eigenvalue weighted by atomic mass is 35.5. The maximum Gasteiger partial charge on any atom is 0.348 e. The highest BCUT2D eigenvalue weighted by Gasteiger charge is 2.65. The minimum atomic E-state index is -0.724. The fourth-order valence-corrected chi connectivity index (χ4v) is 5.82. The summed E-state index contributed by atoms with van der Waals surface area (Å²) < 4.78 is 23.4. The minimum absolute atomic E-state index is 0. The Morgan fingerprint density at radius 3 is 2.69 bits per heavy atom. The zero-order valence-electron chi connectivity index (χ0n) is 18.2. The van der Waals surface area contributed by atoms with Gasteiger partial charge in [0.2, 0.25) is 0 Å². The monoisotopic (exact) mass is 483 g/mol. The average molecular weight is 484 g/mol. The number of hydrogen-bond donors (Lipinski definition) is 0. The zero-order valence-corrected chi connectivity index (χ0v) is 19.8. The van der Waals surface area contributed by atoms with Gasteiger partial charge in [-0.3, -0.25) is 9.69 Å². The van der Waals surface area contributed by atoms with E-state index in [0.717, 1.165) is 0 Å². The van der Waals surface area contributed by atoms with Crippen LogP contribution in [0.1, 0.15) is 29.9 Å². The summed E-state index contributed by atoms with van der Waals surface area (Å²) >= 11 is 1.30. The fraction of sp³-hybridized carbons (Fsp3) is 0.591. The van der Waals surface area contributed by atoms with Crippen LogP contribution in [0.25, 0.3) is 0 Å². The van der Waals surface area contributed by atoms with Crippen molar-refractivity contribution < 1.29 is 33.3 Å². The Hall–Kier alpha value is -1.94. The van der Waals surface area contributed by atoms with Crippen LogP contribution in [0.3, 0.4) is 0 Å². The Morgan fingerprint density at radius 1 is 1.28 bits per heavy atom.